The first kappa shape index (κ1) is 14.2. The van der Waals surface area contributed by atoms with Gasteiger partial charge >= 0.3 is 0 Å². The minimum Gasteiger partial charge on any atom is -0.414 e. The van der Waals surface area contributed by atoms with E-state index < -0.39 is 8.32 Å². The first-order chi connectivity index (χ1) is 7.28. The number of rotatable bonds is 5. The minimum absolute atomic E-state index is 0.359. The summed E-state index contributed by atoms with van der Waals surface area (Å²) in [6.07, 6.45) is 7.38. The van der Waals surface area contributed by atoms with Crippen LogP contribution in [0.5, 0.6) is 0 Å². The van der Waals surface area contributed by atoms with Crippen molar-refractivity contribution in [2.45, 2.75) is 84.0 Å². The Hall–Kier alpha value is 0.177. The smallest absolute Gasteiger partial charge is 0.192 e. The molecular formula is C14H30OSi. The van der Waals surface area contributed by atoms with E-state index in [0.29, 0.717) is 11.1 Å². The van der Waals surface area contributed by atoms with Gasteiger partial charge in [-0.3, -0.25) is 0 Å². The molecule has 1 rings (SSSR count). The normalized spacial score (nSPS) is 26.6. The summed E-state index contributed by atoms with van der Waals surface area (Å²) in [7, 11) is -1.52. The van der Waals surface area contributed by atoms with Crippen LogP contribution in [0.25, 0.3) is 0 Å². The van der Waals surface area contributed by atoms with Crippen LogP contribution >= 0.6 is 0 Å². The third-order valence-corrected chi connectivity index (χ3v) is 9.03. The van der Waals surface area contributed by atoms with Gasteiger partial charge in [0.15, 0.2) is 8.32 Å². The molecule has 0 aromatic carbocycles. The zero-order chi connectivity index (χ0) is 12.4. The summed E-state index contributed by atoms with van der Waals surface area (Å²) in [4.78, 5) is 0. The molecule has 0 aromatic rings. The van der Waals surface area contributed by atoms with Gasteiger partial charge in [-0.05, 0) is 43.3 Å². The molecule has 0 radical (unpaired) electrons. The van der Waals surface area contributed by atoms with E-state index in [1.54, 1.807) is 0 Å². The fraction of sp³-hybridized carbons (Fsp3) is 1.00. The standard InChI is InChI=1S/C14H30OSi/c1-7-8-9-12-10-11-13(12)15-16(5,6)14(2,3)4/h12-13H,7-11H2,1-6H3. The Bertz CT molecular complexity index is 217. The summed E-state index contributed by atoms with van der Waals surface area (Å²) in [5, 5.41) is 0.359. The molecule has 1 saturated carbocycles. The first-order valence-electron chi connectivity index (χ1n) is 6.96. The molecule has 1 nitrogen and oxygen atoms in total. The highest BCUT2D eigenvalue weighted by Gasteiger charge is 2.42. The summed E-state index contributed by atoms with van der Waals surface area (Å²) < 4.78 is 6.49. The van der Waals surface area contributed by atoms with Gasteiger partial charge in [0.1, 0.15) is 0 Å². The highest BCUT2D eigenvalue weighted by molar-refractivity contribution is 6.74. The van der Waals surface area contributed by atoms with Gasteiger partial charge in [-0.1, -0.05) is 40.5 Å². The molecule has 0 bridgehead atoms. The molecule has 0 spiro atoms. The molecular weight excluding hydrogens is 212 g/mol. The minimum atomic E-state index is -1.52. The van der Waals surface area contributed by atoms with Gasteiger partial charge in [0, 0.05) is 6.10 Å². The summed E-state index contributed by atoms with van der Waals surface area (Å²) >= 11 is 0. The van der Waals surface area contributed by atoms with Crippen LogP contribution in [0.3, 0.4) is 0 Å². The van der Waals surface area contributed by atoms with E-state index in [1.165, 1.54) is 32.1 Å². The Morgan fingerprint density at radius 1 is 1.19 bits per heavy atom. The van der Waals surface area contributed by atoms with Crippen LogP contribution in [0.4, 0.5) is 0 Å². The zero-order valence-electron chi connectivity index (χ0n) is 12.1. The molecule has 96 valence electrons. The Balaban J connectivity index is 2.43. The van der Waals surface area contributed by atoms with E-state index in [0.717, 1.165) is 5.92 Å². The van der Waals surface area contributed by atoms with E-state index in [2.05, 4.69) is 40.8 Å². The van der Waals surface area contributed by atoms with E-state index in [4.69, 9.17) is 4.43 Å². The van der Waals surface area contributed by atoms with Crippen molar-refractivity contribution < 1.29 is 4.43 Å². The summed E-state index contributed by atoms with van der Waals surface area (Å²) in [6, 6.07) is 0. The Morgan fingerprint density at radius 2 is 1.81 bits per heavy atom. The van der Waals surface area contributed by atoms with E-state index in [9.17, 15) is 0 Å². The predicted molar refractivity (Wildman–Crippen MR) is 74.3 cm³/mol. The van der Waals surface area contributed by atoms with Crippen molar-refractivity contribution in [2.75, 3.05) is 0 Å². The number of unbranched alkanes of at least 4 members (excludes halogenated alkanes) is 1. The highest BCUT2D eigenvalue weighted by atomic mass is 28.4. The molecule has 2 heteroatoms. The van der Waals surface area contributed by atoms with Crippen molar-refractivity contribution in [3.8, 4) is 0 Å². The van der Waals surface area contributed by atoms with Crippen molar-refractivity contribution in [1.82, 2.24) is 0 Å². The van der Waals surface area contributed by atoms with E-state index in [-0.39, 0.29) is 0 Å². The maximum Gasteiger partial charge on any atom is 0.192 e. The lowest BCUT2D eigenvalue weighted by Crippen LogP contribution is -2.48. The number of hydrogen-bond donors (Lipinski definition) is 0. The molecule has 0 N–H and O–H groups in total. The monoisotopic (exact) mass is 242 g/mol. The van der Waals surface area contributed by atoms with Crippen molar-refractivity contribution in [2.24, 2.45) is 5.92 Å². The topological polar surface area (TPSA) is 9.23 Å². The second kappa shape index (κ2) is 5.22. The SMILES string of the molecule is CCCCC1CCC1O[Si](C)(C)C(C)(C)C. The summed E-state index contributed by atoms with van der Waals surface area (Å²) in [5.41, 5.74) is 0. The van der Waals surface area contributed by atoms with Gasteiger partial charge in [-0.15, -0.1) is 0 Å². The average Bonchev–Trinajstić information content (AvgIpc) is 2.11. The molecule has 1 aliphatic carbocycles. The third-order valence-electron chi connectivity index (χ3n) is 4.53. The van der Waals surface area contributed by atoms with E-state index >= 15 is 0 Å². The number of hydrogen-bond acceptors (Lipinski definition) is 1. The van der Waals surface area contributed by atoms with Crippen LogP contribution in [0, 0.1) is 5.92 Å². The second-order valence-corrected chi connectivity index (χ2v) is 11.7. The predicted octanol–water partition coefficient (Wildman–Crippen LogP) is 4.98. The van der Waals surface area contributed by atoms with Crippen LogP contribution in [0.15, 0.2) is 0 Å². The molecule has 0 aromatic heterocycles. The lowest BCUT2D eigenvalue weighted by molar-refractivity contribution is 0.0285. The lowest BCUT2D eigenvalue weighted by atomic mass is 9.79. The highest BCUT2D eigenvalue weighted by Crippen LogP contribution is 2.42. The molecule has 2 unspecified atom stereocenters. The second-order valence-electron chi connectivity index (χ2n) is 6.90. The summed E-state index contributed by atoms with van der Waals surface area (Å²) in [5.74, 6) is 0.870. The molecule has 0 amide bonds. The third kappa shape index (κ3) is 3.33. The quantitative estimate of drug-likeness (QED) is 0.618. The van der Waals surface area contributed by atoms with E-state index in [1.807, 2.05) is 0 Å². The van der Waals surface area contributed by atoms with Crippen LogP contribution in [0.2, 0.25) is 18.1 Å². The molecule has 0 heterocycles. The first-order valence-corrected chi connectivity index (χ1v) is 9.86. The molecule has 1 fully saturated rings. The van der Waals surface area contributed by atoms with Gasteiger partial charge in [0.05, 0.1) is 0 Å². The zero-order valence-corrected chi connectivity index (χ0v) is 13.1. The van der Waals surface area contributed by atoms with Gasteiger partial charge in [-0.25, -0.2) is 0 Å². The van der Waals surface area contributed by atoms with Crippen molar-refractivity contribution in [3.05, 3.63) is 0 Å². The van der Waals surface area contributed by atoms with Crippen LogP contribution < -0.4 is 0 Å². The maximum atomic E-state index is 6.49. The fourth-order valence-corrected chi connectivity index (χ4v) is 3.47. The van der Waals surface area contributed by atoms with Crippen LogP contribution in [-0.2, 0) is 4.43 Å². The van der Waals surface area contributed by atoms with Gasteiger partial charge < -0.3 is 4.43 Å². The largest absolute Gasteiger partial charge is 0.414 e. The van der Waals surface area contributed by atoms with Crippen LogP contribution in [0.1, 0.15) is 59.8 Å². The van der Waals surface area contributed by atoms with Crippen molar-refractivity contribution in [3.63, 3.8) is 0 Å². The van der Waals surface area contributed by atoms with Gasteiger partial charge in [-0.2, -0.15) is 0 Å². The molecule has 2 atom stereocenters. The molecule has 1 aliphatic rings. The van der Waals surface area contributed by atoms with Gasteiger partial charge in [0.2, 0.25) is 0 Å². The van der Waals surface area contributed by atoms with Crippen molar-refractivity contribution in [1.29, 1.82) is 0 Å². The Morgan fingerprint density at radius 3 is 2.19 bits per heavy atom. The van der Waals surface area contributed by atoms with Crippen LogP contribution in [-0.4, -0.2) is 14.4 Å². The van der Waals surface area contributed by atoms with Crippen molar-refractivity contribution >= 4 is 8.32 Å². The Labute approximate surface area is 103 Å². The molecule has 0 saturated heterocycles. The molecule has 16 heavy (non-hydrogen) atoms. The lowest BCUT2D eigenvalue weighted by Gasteiger charge is -2.46. The average molecular weight is 242 g/mol. The fourth-order valence-electron chi connectivity index (χ4n) is 2.05. The van der Waals surface area contributed by atoms with Gasteiger partial charge in [0.25, 0.3) is 0 Å². The maximum absolute atomic E-state index is 6.49. The molecule has 0 aliphatic heterocycles. The summed E-state index contributed by atoms with van der Waals surface area (Å²) in [6.45, 7) is 14.0. The Kier molecular flexibility index (Phi) is 4.64.